The molecule has 0 radical (unpaired) electrons. The molecule has 0 spiro atoms. The Kier molecular flexibility index (Phi) is 6.67. The summed E-state index contributed by atoms with van der Waals surface area (Å²) in [5, 5.41) is 8.82. The Morgan fingerprint density at radius 2 is 1.70 bits per heavy atom. The van der Waals surface area contributed by atoms with Crippen LogP contribution < -0.4 is 0 Å². The molecule has 20 heavy (non-hydrogen) atoms. The minimum absolute atomic E-state index is 0.0253. The number of carboxylic acids is 1. The molecule has 0 saturated heterocycles. The van der Waals surface area contributed by atoms with Crippen molar-refractivity contribution >= 4 is 23.8 Å². The van der Waals surface area contributed by atoms with Gasteiger partial charge in [-0.1, -0.05) is 0 Å². The van der Waals surface area contributed by atoms with Gasteiger partial charge in [-0.05, 0) is 13.8 Å². The highest BCUT2D eigenvalue weighted by molar-refractivity contribution is 5.84. The number of rotatable bonds is 7. The fraction of sp³-hybridized carbons (Fsp3) is 0.667. The van der Waals surface area contributed by atoms with Crippen molar-refractivity contribution in [3.63, 3.8) is 0 Å². The topological polar surface area (TPSA) is 110 Å². The van der Waals surface area contributed by atoms with Crippen LogP contribution in [0.2, 0.25) is 0 Å². The predicted octanol–water partition coefficient (Wildman–Crippen LogP) is -0.196. The highest BCUT2D eigenvalue weighted by Gasteiger charge is 2.32. The van der Waals surface area contributed by atoms with Gasteiger partial charge in [0.05, 0.1) is 6.54 Å². The molecule has 0 rings (SSSR count). The van der Waals surface area contributed by atoms with E-state index in [1.54, 1.807) is 0 Å². The summed E-state index contributed by atoms with van der Waals surface area (Å²) >= 11 is 0. The first-order valence-corrected chi connectivity index (χ1v) is 5.90. The molecule has 0 aromatic heterocycles. The second kappa shape index (κ2) is 7.46. The molecule has 0 heterocycles. The third-order valence-corrected chi connectivity index (χ3v) is 2.32. The average Bonchev–Trinajstić information content (AvgIpc) is 2.25. The van der Waals surface area contributed by atoms with Gasteiger partial charge in [0, 0.05) is 13.8 Å². The van der Waals surface area contributed by atoms with E-state index in [0.717, 1.165) is 4.90 Å². The molecule has 8 nitrogen and oxygen atoms in total. The van der Waals surface area contributed by atoms with Crippen LogP contribution in [0.15, 0.2) is 0 Å². The van der Waals surface area contributed by atoms with E-state index in [1.807, 2.05) is 0 Å². The fourth-order valence-corrected chi connectivity index (χ4v) is 1.16. The van der Waals surface area contributed by atoms with E-state index < -0.39 is 36.0 Å². The number of aliphatic carboxylic acids is 1. The molecular formula is C12H19NO7. The van der Waals surface area contributed by atoms with Crippen LogP contribution in [0.25, 0.3) is 0 Å². The molecule has 0 bridgehead atoms. The Balaban J connectivity index is 4.45. The van der Waals surface area contributed by atoms with Crippen LogP contribution in [0.4, 0.5) is 0 Å². The Hall–Kier alpha value is -2.12. The zero-order valence-electron chi connectivity index (χ0n) is 12.0. The summed E-state index contributed by atoms with van der Waals surface area (Å²) in [6, 6.07) is 0. The first-order valence-electron chi connectivity index (χ1n) is 5.90. The number of hydrogen-bond acceptors (Lipinski definition) is 6. The lowest BCUT2D eigenvalue weighted by molar-refractivity contribution is -0.175. The van der Waals surface area contributed by atoms with E-state index in [1.165, 1.54) is 27.7 Å². The van der Waals surface area contributed by atoms with Crippen molar-refractivity contribution in [1.29, 1.82) is 0 Å². The molecular weight excluding hydrogens is 270 g/mol. The maximum absolute atomic E-state index is 11.6. The van der Waals surface area contributed by atoms with Crippen LogP contribution in [0.1, 0.15) is 27.7 Å². The summed E-state index contributed by atoms with van der Waals surface area (Å²) in [7, 11) is 0. The average molecular weight is 289 g/mol. The molecule has 0 fully saturated rings. The van der Waals surface area contributed by atoms with Crippen molar-refractivity contribution in [3.05, 3.63) is 0 Å². The summed E-state index contributed by atoms with van der Waals surface area (Å²) in [6.45, 7) is 4.48. The van der Waals surface area contributed by atoms with E-state index in [-0.39, 0.29) is 13.2 Å². The number of ether oxygens (including phenoxy) is 2. The summed E-state index contributed by atoms with van der Waals surface area (Å²) in [4.78, 5) is 45.4. The van der Waals surface area contributed by atoms with Gasteiger partial charge in [-0.2, -0.15) is 0 Å². The molecule has 0 aromatic rings. The Morgan fingerprint density at radius 1 is 1.15 bits per heavy atom. The normalized spacial score (nSPS) is 10.6. The van der Waals surface area contributed by atoms with E-state index >= 15 is 0 Å². The SMILES string of the molecule is CC(=O)OCCN(CC(=O)OC(C)(C)C(=O)O)C(C)=O. The van der Waals surface area contributed by atoms with Crippen LogP contribution in [0.3, 0.4) is 0 Å². The number of hydrogen-bond donors (Lipinski definition) is 1. The van der Waals surface area contributed by atoms with Gasteiger partial charge in [0.1, 0.15) is 13.2 Å². The van der Waals surface area contributed by atoms with E-state index in [2.05, 4.69) is 4.74 Å². The van der Waals surface area contributed by atoms with Crippen molar-refractivity contribution in [2.75, 3.05) is 19.7 Å². The highest BCUT2D eigenvalue weighted by Crippen LogP contribution is 2.09. The molecule has 0 atom stereocenters. The zero-order valence-corrected chi connectivity index (χ0v) is 12.0. The summed E-state index contributed by atoms with van der Waals surface area (Å²) in [5.74, 6) is -3.05. The largest absolute Gasteiger partial charge is 0.478 e. The third-order valence-electron chi connectivity index (χ3n) is 2.32. The summed E-state index contributed by atoms with van der Waals surface area (Å²) in [6.07, 6.45) is 0. The van der Waals surface area contributed by atoms with Crippen LogP contribution in [0.5, 0.6) is 0 Å². The summed E-state index contributed by atoms with van der Waals surface area (Å²) < 4.78 is 9.43. The van der Waals surface area contributed by atoms with E-state index in [0.29, 0.717) is 0 Å². The van der Waals surface area contributed by atoms with Crippen molar-refractivity contribution in [2.45, 2.75) is 33.3 Å². The van der Waals surface area contributed by atoms with Crippen LogP contribution in [-0.4, -0.2) is 59.1 Å². The number of esters is 2. The molecule has 0 aromatic carbocycles. The third kappa shape index (κ3) is 6.72. The first-order chi connectivity index (χ1) is 9.06. The maximum Gasteiger partial charge on any atom is 0.347 e. The second-order valence-electron chi connectivity index (χ2n) is 4.57. The predicted molar refractivity (Wildman–Crippen MR) is 66.7 cm³/mol. The molecule has 0 saturated carbocycles. The molecule has 0 aliphatic heterocycles. The molecule has 8 heteroatoms. The van der Waals surface area contributed by atoms with Gasteiger partial charge in [-0.3, -0.25) is 14.4 Å². The standard InChI is InChI=1S/C12H19NO7/c1-8(14)13(5-6-19-9(2)15)7-10(16)20-12(3,4)11(17)18/h5-7H2,1-4H3,(H,17,18). The monoisotopic (exact) mass is 289 g/mol. The van der Waals surface area contributed by atoms with Crippen molar-refractivity contribution in [3.8, 4) is 0 Å². The van der Waals surface area contributed by atoms with Gasteiger partial charge in [0.25, 0.3) is 0 Å². The Morgan fingerprint density at radius 3 is 2.10 bits per heavy atom. The van der Waals surface area contributed by atoms with Gasteiger partial charge in [0.2, 0.25) is 11.5 Å². The number of carboxylic acid groups (broad SMARTS) is 1. The van der Waals surface area contributed by atoms with Gasteiger partial charge in [-0.25, -0.2) is 4.79 Å². The van der Waals surface area contributed by atoms with Crippen molar-refractivity contribution in [2.24, 2.45) is 0 Å². The van der Waals surface area contributed by atoms with Crippen molar-refractivity contribution in [1.82, 2.24) is 4.90 Å². The Bertz CT molecular complexity index is 403. The minimum atomic E-state index is -1.67. The number of carbonyl (C=O) groups is 4. The van der Waals surface area contributed by atoms with Gasteiger partial charge < -0.3 is 19.5 Å². The molecule has 1 N–H and O–H groups in total. The number of carbonyl (C=O) groups excluding carboxylic acids is 3. The minimum Gasteiger partial charge on any atom is -0.478 e. The van der Waals surface area contributed by atoms with E-state index in [9.17, 15) is 19.2 Å². The second-order valence-corrected chi connectivity index (χ2v) is 4.57. The van der Waals surface area contributed by atoms with Gasteiger partial charge in [0.15, 0.2) is 0 Å². The molecule has 0 aliphatic carbocycles. The Labute approximate surface area is 116 Å². The zero-order chi connectivity index (χ0) is 15.9. The van der Waals surface area contributed by atoms with Gasteiger partial charge in [-0.15, -0.1) is 0 Å². The molecule has 1 amide bonds. The maximum atomic E-state index is 11.6. The lowest BCUT2D eigenvalue weighted by Gasteiger charge is -2.24. The first kappa shape index (κ1) is 17.9. The number of nitrogens with zero attached hydrogens (tertiary/aromatic N) is 1. The molecule has 114 valence electrons. The van der Waals surface area contributed by atoms with Crippen LogP contribution in [0, 0.1) is 0 Å². The molecule has 0 unspecified atom stereocenters. The van der Waals surface area contributed by atoms with E-state index in [4.69, 9.17) is 9.84 Å². The smallest absolute Gasteiger partial charge is 0.347 e. The number of amides is 1. The molecule has 0 aliphatic rings. The quantitative estimate of drug-likeness (QED) is 0.646. The lowest BCUT2D eigenvalue weighted by atomic mass is 10.1. The van der Waals surface area contributed by atoms with Crippen molar-refractivity contribution < 1.29 is 33.8 Å². The van der Waals surface area contributed by atoms with Crippen LogP contribution >= 0.6 is 0 Å². The summed E-state index contributed by atoms with van der Waals surface area (Å²) in [5.41, 5.74) is -1.67. The highest BCUT2D eigenvalue weighted by atomic mass is 16.6. The van der Waals surface area contributed by atoms with Crippen LogP contribution in [-0.2, 0) is 28.7 Å². The fourth-order valence-electron chi connectivity index (χ4n) is 1.16. The lowest BCUT2D eigenvalue weighted by Crippen LogP contribution is -2.43. The van der Waals surface area contributed by atoms with Gasteiger partial charge >= 0.3 is 17.9 Å².